The number of carboxylic acids is 1. The minimum atomic E-state index is -3.76. The normalized spacial score (nSPS) is 11.0. The lowest BCUT2D eigenvalue weighted by atomic mass is 10.2. The second-order valence-electron chi connectivity index (χ2n) is 3.32. The lowest BCUT2D eigenvalue weighted by Gasteiger charge is -2.11. The molecule has 0 amide bonds. The zero-order valence-electron chi connectivity index (χ0n) is 9.93. The number of ether oxygens (including phenoxy) is 1. The predicted octanol–water partition coefficient (Wildman–Crippen LogP) is 0.660. The Morgan fingerprint density at radius 2 is 2.11 bits per heavy atom. The number of rotatable bonds is 6. The number of methoxy groups -OCH3 is 1. The second-order valence-corrected chi connectivity index (χ2v) is 4.82. The van der Waals surface area contributed by atoms with Gasteiger partial charge in [-0.05, 0) is 18.2 Å². The molecule has 0 heterocycles. The van der Waals surface area contributed by atoms with Gasteiger partial charge < -0.3 is 9.84 Å². The third-order valence-electron chi connectivity index (χ3n) is 2.04. The smallest absolute Gasteiger partial charge is 0.337 e. The van der Waals surface area contributed by atoms with Crippen LogP contribution in [0.1, 0.15) is 17.3 Å². The average molecular weight is 274 g/mol. The Bertz CT molecular complexity index is 541. The summed E-state index contributed by atoms with van der Waals surface area (Å²) in [6, 6.07) is 4.04. The quantitative estimate of drug-likeness (QED) is 0.706. The van der Waals surface area contributed by atoms with Gasteiger partial charge in [0.15, 0.2) is 0 Å². The fraction of sp³-hybridized carbons (Fsp3) is 0.300. The first-order valence-corrected chi connectivity index (χ1v) is 6.56. The summed E-state index contributed by atoms with van der Waals surface area (Å²) in [6.07, 6.45) is 0. The van der Waals surface area contributed by atoms with E-state index in [-0.39, 0.29) is 17.8 Å². The molecular weight excluding hydrogens is 260 g/mol. The summed E-state index contributed by atoms with van der Waals surface area (Å²) in [7, 11) is -2.37. The van der Waals surface area contributed by atoms with E-state index in [1.165, 1.54) is 25.3 Å². The standard InChI is InChI=1S/C10H14N2O5S/c1-3-11-18(15,16)12-9-5-4-7(17-2)6-8(9)10(13)14/h4-6,11-12H,3H2,1-2H3,(H,13,14). The van der Waals surface area contributed by atoms with Crippen molar-refractivity contribution in [2.24, 2.45) is 0 Å². The molecule has 1 rings (SSSR count). The van der Waals surface area contributed by atoms with E-state index in [0.29, 0.717) is 5.75 Å². The maximum absolute atomic E-state index is 11.5. The third-order valence-corrected chi connectivity index (χ3v) is 3.19. The van der Waals surface area contributed by atoms with Crippen LogP contribution in [-0.2, 0) is 10.2 Å². The van der Waals surface area contributed by atoms with Crippen LogP contribution in [0.5, 0.6) is 5.75 Å². The SMILES string of the molecule is CCNS(=O)(=O)Nc1ccc(OC)cc1C(=O)O. The molecule has 8 heteroatoms. The van der Waals surface area contributed by atoms with Gasteiger partial charge in [0.25, 0.3) is 10.2 Å². The van der Waals surface area contributed by atoms with Crippen molar-refractivity contribution in [1.29, 1.82) is 0 Å². The molecule has 100 valence electrons. The summed E-state index contributed by atoms with van der Waals surface area (Å²) in [5, 5.41) is 9.00. The molecule has 0 bridgehead atoms. The van der Waals surface area contributed by atoms with Gasteiger partial charge in [-0.1, -0.05) is 6.92 Å². The third kappa shape index (κ3) is 3.60. The maximum Gasteiger partial charge on any atom is 0.337 e. The number of hydrogen-bond donors (Lipinski definition) is 3. The van der Waals surface area contributed by atoms with Crippen LogP contribution in [0.4, 0.5) is 5.69 Å². The average Bonchev–Trinajstić information content (AvgIpc) is 2.28. The van der Waals surface area contributed by atoms with Crippen LogP contribution in [0.3, 0.4) is 0 Å². The number of carbonyl (C=O) groups is 1. The Hall–Kier alpha value is -1.80. The van der Waals surface area contributed by atoms with Crippen LogP contribution in [0.15, 0.2) is 18.2 Å². The Morgan fingerprint density at radius 3 is 2.61 bits per heavy atom. The van der Waals surface area contributed by atoms with E-state index in [9.17, 15) is 13.2 Å². The molecule has 0 aromatic heterocycles. The predicted molar refractivity (Wildman–Crippen MR) is 66.2 cm³/mol. The lowest BCUT2D eigenvalue weighted by Crippen LogP contribution is -2.30. The minimum Gasteiger partial charge on any atom is -0.497 e. The van der Waals surface area contributed by atoms with Crippen LogP contribution in [0.2, 0.25) is 0 Å². The highest BCUT2D eigenvalue weighted by molar-refractivity contribution is 7.90. The highest BCUT2D eigenvalue weighted by Gasteiger charge is 2.16. The van der Waals surface area contributed by atoms with Gasteiger partial charge in [-0.3, -0.25) is 4.72 Å². The first-order chi connectivity index (χ1) is 8.39. The van der Waals surface area contributed by atoms with Gasteiger partial charge in [0.1, 0.15) is 5.75 Å². The van der Waals surface area contributed by atoms with E-state index in [1.807, 2.05) is 0 Å². The van der Waals surface area contributed by atoms with Gasteiger partial charge in [0.2, 0.25) is 0 Å². The molecular formula is C10H14N2O5S. The Balaban J connectivity index is 3.13. The van der Waals surface area contributed by atoms with E-state index >= 15 is 0 Å². The van der Waals surface area contributed by atoms with Crippen LogP contribution in [0, 0.1) is 0 Å². The Morgan fingerprint density at radius 1 is 1.44 bits per heavy atom. The fourth-order valence-corrected chi connectivity index (χ4v) is 2.21. The highest BCUT2D eigenvalue weighted by atomic mass is 32.2. The number of carboxylic acid groups (broad SMARTS) is 1. The van der Waals surface area contributed by atoms with E-state index in [0.717, 1.165) is 0 Å². The summed E-state index contributed by atoms with van der Waals surface area (Å²) in [5.41, 5.74) is -0.208. The molecule has 1 aromatic rings. The molecule has 0 aliphatic heterocycles. The summed E-state index contributed by atoms with van der Waals surface area (Å²) >= 11 is 0. The molecule has 0 aliphatic carbocycles. The van der Waals surface area contributed by atoms with Gasteiger partial charge in [0, 0.05) is 6.54 Å². The molecule has 18 heavy (non-hydrogen) atoms. The second kappa shape index (κ2) is 5.69. The van der Waals surface area contributed by atoms with Crippen LogP contribution < -0.4 is 14.2 Å². The molecule has 0 radical (unpaired) electrons. The fourth-order valence-electron chi connectivity index (χ4n) is 1.29. The molecule has 7 nitrogen and oxygen atoms in total. The first-order valence-electron chi connectivity index (χ1n) is 5.08. The van der Waals surface area contributed by atoms with Crippen molar-refractivity contribution < 1.29 is 23.1 Å². The van der Waals surface area contributed by atoms with E-state index in [2.05, 4.69) is 9.44 Å². The van der Waals surface area contributed by atoms with Crippen molar-refractivity contribution in [3.63, 3.8) is 0 Å². The van der Waals surface area contributed by atoms with Gasteiger partial charge in [-0.2, -0.15) is 13.1 Å². The van der Waals surface area contributed by atoms with Crippen molar-refractivity contribution in [2.45, 2.75) is 6.92 Å². The van der Waals surface area contributed by atoms with Crippen molar-refractivity contribution >= 4 is 21.9 Å². The first kappa shape index (κ1) is 14.3. The molecule has 0 saturated heterocycles. The van der Waals surface area contributed by atoms with Gasteiger partial charge in [0.05, 0.1) is 18.4 Å². The monoisotopic (exact) mass is 274 g/mol. The summed E-state index contributed by atoms with van der Waals surface area (Å²) in [4.78, 5) is 11.0. The number of hydrogen-bond acceptors (Lipinski definition) is 4. The van der Waals surface area contributed by atoms with Crippen LogP contribution in [-0.4, -0.2) is 33.1 Å². The van der Waals surface area contributed by atoms with Crippen molar-refractivity contribution in [1.82, 2.24) is 4.72 Å². The maximum atomic E-state index is 11.5. The molecule has 0 unspecified atom stereocenters. The van der Waals surface area contributed by atoms with Crippen LogP contribution >= 0.6 is 0 Å². The summed E-state index contributed by atoms with van der Waals surface area (Å²) < 4.78 is 32.2. The molecule has 0 atom stereocenters. The number of aromatic carboxylic acids is 1. The minimum absolute atomic E-state index is 0.0238. The molecule has 0 fully saturated rings. The number of benzene rings is 1. The number of nitrogens with one attached hydrogen (secondary N) is 2. The molecule has 0 spiro atoms. The van der Waals surface area contributed by atoms with E-state index in [4.69, 9.17) is 9.84 Å². The zero-order chi connectivity index (χ0) is 13.8. The van der Waals surface area contributed by atoms with Crippen molar-refractivity contribution in [3.05, 3.63) is 23.8 Å². The van der Waals surface area contributed by atoms with Gasteiger partial charge >= 0.3 is 5.97 Å². The van der Waals surface area contributed by atoms with E-state index < -0.39 is 16.2 Å². The van der Waals surface area contributed by atoms with Crippen molar-refractivity contribution in [2.75, 3.05) is 18.4 Å². The highest BCUT2D eigenvalue weighted by Crippen LogP contribution is 2.22. The lowest BCUT2D eigenvalue weighted by molar-refractivity contribution is 0.0697. The summed E-state index contributed by atoms with van der Waals surface area (Å²) in [5.74, 6) is -0.915. The molecule has 3 N–H and O–H groups in total. The number of anilines is 1. The molecule has 0 saturated carbocycles. The molecule has 0 aliphatic rings. The largest absolute Gasteiger partial charge is 0.497 e. The van der Waals surface area contributed by atoms with Crippen molar-refractivity contribution in [3.8, 4) is 5.75 Å². The van der Waals surface area contributed by atoms with Crippen LogP contribution in [0.25, 0.3) is 0 Å². The summed E-state index contributed by atoms with van der Waals surface area (Å²) in [6.45, 7) is 1.82. The Labute approximate surface area is 105 Å². The topological polar surface area (TPSA) is 105 Å². The van der Waals surface area contributed by atoms with Gasteiger partial charge in [-0.15, -0.1) is 0 Å². The Kier molecular flexibility index (Phi) is 4.51. The van der Waals surface area contributed by atoms with E-state index in [1.54, 1.807) is 6.92 Å². The molecule has 1 aromatic carbocycles. The zero-order valence-corrected chi connectivity index (χ0v) is 10.7. The van der Waals surface area contributed by atoms with Gasteiger partial charge in [-0.25, -0.2) is 4.79 Å².